The van der Waals surface area contributed by atoms with Crippen LogP contribution in [0.5, 0.6) is 5.75 Å². The van der Waals surface area contributed by atoms with Gasteiger partial charge in [0.05, 0.1) is 26.2 Å². The van der Waals surface area contributed by atoms with Crippen LogP contribution in [-0.2, 0) is 12.1 Å². The first-order chi connectivity index (χ1) is 12.7. The van der Waals surface area contributed by atoms with Gasteiger partial charge in [-0.05, 0) is 48.9 Å². The zero-order chi connectivity index (χ0) is 20.1. The lowest BCUT2D eigenvalue weighted by Gasteiger charge is -2.49. The van der Waals surface area contributed by atoms with E-state index in [2.05, 4.69) is 97.2 Å². The monoisotopic (exact) mass is 403 g/mol. The van der Waals surface area contributed by atoms with Gasteiger partial charge in [-0.25, -0.2) is 0 Å². The molecule has 0 N–H and O–H groups in total. The highest BCUT2D eigenvalue weighted by Gasteiger charge is 2.50. The van der Waals surface area contributed by atoms with Gasteiger partial charge in [0.25, 0.3) is 5.72 Å². The Labute approximate surface area is 178 Å². The normalized spacial score (nSPS) is 13.9. The van der Waals surface area contributed by atoms with Crippen molar-refractivity contribution in [3.63, 3.8) is 0 Å². The van der Waals surface area contributed by atoms with Crippen molar-refractivity contribution in [2.45, 2.75) is 53.2 Å². The molecule has 0 radical (unpaired) electrons. The Balaban J connectivity index is 0.00000392. The summed E-state index contributed by atoms with van der Waals surface area (Å²) in [4.78, 5) is 0. The third-order valence-corrected chi connectivity index (χ3v) is 5.55. The SMILES string of the molecule is CC[N+](C)(C)C(CC(C)C)(Oc1ccccc1)c1ccccc1CC(C)C.[Cl-]. The first-order valence-corrected chi connectivity index (χ1v) is 10.4. The second-order valence-electron chi connectivity index (χ2n) is 9.05. The number of benzene rings is 2. The first kappa shape index (κ1) is 24.5. The molecule has 0 aliphatic carbocycles. The van der Waals surface area contributed by atoms with E-state index in [1.54, 1.807) is 0 Å². The summed E-state index contributed by atoms with van der Waals surface area (Å²) in [6, 6.07) is 19.2. The number of nitrogens with zero attached hydrogens (tertiary/aromatic N) is 1. The first-order valence-electron chi connectivity index (χ1n) is 10.4. The van der Waals surface area contributed by atoms with E-state index in [-0.39, 0.29) is 12.4 Å². The quantitative estimate of drug-likeness (QED) is 0.461. The van der Waals surface area contributed by atoms with Crippen molar-refractivity contribution in [2.75, 3.05) is 20.6 Å². The van der Waals surface area contributed by atoms with Crippen molar-refractivity contribution in [3.05, 3.63) is 65.7 Å². The molecule has 0 fully saturated rings. The van der Waals surface area contributed by atoms with E-state index < -0.39 is 5.72 Å². The Bertz CT molecular complexity index is 711. The summed E-state index contributed by atoms with van der Waals surface area (Å²) >= 11 is 0. The molecule has 0 aliphatic rings. The van der Waals surface area contributed by atoms with Crippen LogP contribution < -0.4 is 17.1 Å². The number of hydrogen-bond donors (Lipinski definition) is 0. The highest BCUT2D eigenvalue weighted by atomic mass is 35.5. The smallest absolute Gasteiger partial charge is 0.269 e. The maximum absolute atomic E-state index is 6.95. The van der Waals surface area contributed by atoms with Crippen molar-refractivity contribution in [2.24, 2.45) is 11.8 Å². The van der Waals surface area contributed by atoms with Crippen LogP contribution >= 0.6 is 0 Å². The number of para-hydroxylation sites is 1. The van der Waals surface area contributed by atoms with E-state index in [0.29, 0.717) is 11.8 Å². The number of quaternary nitrogens is 1. The van der Waals surface area contributed by atoms with Gasteiger partial charge >= 0.3 is 0 Å². The van der Waals surface area contributed by atoms with Crippen LogP contribution in [0.15, 0.2) is 54.6 Å². The molecule has 0 aliphatic heterocycles. The minimum atomic E-state index is -0.421. The molecule has 0 bridgehead atoms. The molecular weight excluding hydrogens is 366 g/mol. The summed E-state index contributed by atoms with van der Waals surface area (Å²) in [5, 5.41) is 0. The van der Waals surface area contributed by atoms with Gasteiger partial charge in [-0.15, -0.1) is 0 Å². The third-order valence-electron chi connectivity index (χ3n) is 5.55. The van der Waals surface area contributed by atoms with E-state index in [4.69, 9.17) is 4.74 Å². The van der Waals surface area contributed by atoms with Gasteiger partial charge in [-0.1, -0.05) is 64.1 Å². The highest BCUT2D eigenvalue weighted by Crippen LogP contribution is 2.42. The molecule has 1 unspecified atom stereocenters. The lowest BCUT2D eigenvalue weighted by Crippen LogP contribution is -3.00. The molecule has 0 saturated carbocycles. The summed E-state index contributed by atoms with van der Waals surface area (Å²) in [6.45, 7) is 12.4. The molecule has 2 rings (SSSR count). The van der Waals surface area contributed by atoms with Crippen LogP contribution in [0.1, 0.15) is 52.2 Å². The van der Waals surface area contributed by atoms with E-state index in [9.17, 15) is 0 Å². The molecule has 0 heterocycles. The second kappa shape index (κ2) is 10.3. The van der Waals surface area contributed by atoms with E-state index in [1.165, 1.54) is 11.1 Å². The maximum atomic E-state index is 6.95. The molecule has 2 aromatic carbocycles. The molecule has 0 spiro atoms. The fourth-order valence-electron chi connectivity index (χ4n) is 3.91. The zero-order valence-electron chi connectivity index (χ0n) is 18.7. The van der Waals surface area contributed by atoms with Crippen LogP contribution in [-0.4, -0.2) is 25.1 Å². The van der Waals surface area contributed by atoms with Gasteiger partial charge in [0.15, 0.2) is 0 Å². The molecule has 0 amide bonds. The molecule has 0 saturated heterocycles. The Kier molecular flexibility index (Phi) is 9.04. The van der Waals surface area contributed by atoms with Crippen molar-refractivity contribution in [1.82, 2.24) is 0 Å². The molecule has 1 atom stereocenters. The summed E-state index contributed by atoms with van der Waals surface area (Å²) in [5.41, 5.74) is 2.32. The predicted molar refractivity (Wildman–Crippen MR) is 116 cm³/mol. The van der Waals surface area contributed by atoms with Gasteiger partial charge in [0, 0.05) is 6.42 Å². The lowest BCUT2D eigenvalue weighted by atomic mass is 9.84. The number of ether oxygens (including phenoxy) is 1. The molecule has 2 aromatic rings. The Morgan fingerprint density at radius 3 is 1.96 bits per heavy atom. The fourth-order valence-corrected chi connectivity index (χ4v) is 3.91. The minimum Gasteiger partial charge on any atom is -1.00 e. The van der Waals surface area contributed by atoms with Crippen LogP contribution in [0.4, 0.5) is 0 Å². The zero-order valence-corrected chi connectivity index (χ0v) is 19.5. The summed E-state index contributed by atoms with van der Waals surface area (Å²) in [6.07, 6.45) is 2.04. The van der Waals surface area contributed by atoms with Gasteiger partial charge < -0.3 is 17.1 Å². The molecule has 2 nitrogen and oxygen atoms in total. The van der Waals surface area contributed by atoms with Crippen LogP contribution in [0.3, 0.4) is 0 Å². The van der Waals surface area contributed by atoms with E-state index >= 15 is 0 Å². The van der Waals surface area contributed by atoms with Crippen LogP contribution in [0.2, 0.25) is 0 Å². The molecule has 28 heavy (non-hydrogen) atoms. The van der Waals surface area contributed by atoms with Gasteiger partial charge in [-0.3, -0.25) is 4.48 Å². The predicted octanol–water partition coefficient (Wildman–Crippen LogP) is 3.26. The molecule has 0 aromatic heterocycles. The van der Waals surface area contributed by atoms with Crippen LogP contribution in [0.25, 0.3) is 0 Å². The van der Waals surface area contributed by atoms with Gasteiger partial charge in [-0.2, -0.15) is 0 Å². The van der Waals surface area contributed by atoms with E-state index in [1.807, 2.05) is 6.07 Å². The van der Waals surface area contributed by atoms with E-state index in [0.717, 1.165) is 29.6 Å². The maximum Gasteiger partial charge on any atom is 0.269 e. The lowest BCUT2D eigenvalue weighted by molar-refractivity contribution is -0.971. The average Bonchev–Trinajstić information content (AvgIpc) is 2.61. The van der Waals surface area contributed by atoms with Crippen molar-refractivity contribution < 1.29 is 21.6 Å². The Morgan fingerprint density at radius 1 is 0.857 bits per heavy atom. The second-order valence-corrected chi connectivity index (χ2v) is 9.05. The molecular formula is C25H38ClNO. The summed E-state index contributed by atoms with van der Waals surface area (Å²) in [7, 11) is 4.61. The Hall–Kier alpha value is -1.51. The fraction of sp³-hybridized carbons (Fsp3) is 0.520. The average molecular weight is 404 g/mol. The largest absolute Gasteiger partial charge is 1.00 e. The molecule has 156 valence electrons. The minimum absolute atomic E-state index is 0. The van der Waals surface area contributed by atoms with Crippen molar-refractivity contribution in [1.29, 1.82) is 0 Å². The number of hydrogen-bond acceptors (Lipinski definition) is 1. The Morgan fingerprint density at radius 2 is 1.43 bits per heavy atom. The van der Waals surface area contributed by atoms with Gasteiger partial charge in [0.2, 0.25) is 0 Å². The topological polar surface area (TPSA) is 9.23 Å². The van der Waals surface area contributed by atoms with Crippen molar-refractivity contribution in [3.8, 4) is 5.75 Å². The standard InChI is InChI=1S/C25H38NO.ClH/c1-8-26(6,7)25(19-21(4)5,27-23-15-10-9-11-16-23)24-17-13-12-14-22(24)18-20(2)3;/h9-17,20-21H,8,18-19H2,1-7H3;1H/q+1;/p-1. The highest BCUT2D eigenvalue weighted by molar-refractivity contribution is 5.34. The van der Waals surface area contributed by atoms with Crippen LogP contribution in [0, 0.1) is 11.8 Å². The third kappa shape index (κ3) is 5.52. The van der Waals surface area contributed by atoms with Crippen molar-refractivity contribution >= 4 is 0 Å². The van der Waals surface area contributed by atoms with Gasteiger partial charge in [0.1, 0.15) is 5.75 Å². The molecule has 3 heteroatoms. The number of halogens is 1. The summed E-state index contributed by atoms with van der Waals surface area (Å²) < 4.78 is 7.74. The summed E-state index contributed by atoms with van der Waals surface area (Å²) in [5.74, 6) is 2.07. The number of rotatable bonds is 9.